The van der Waals surface area contributed by atoms with Gasteiger partial charge in [0, 0.05) is 13.1 Å². The fourth-order valence-electron chi connectivity index (χ4n) is 3.08. The van der Waals surface area contributed by atoms with Gasteiger partial charge in [-0.1, -0.05) is 24.3 Å². The molecule has 0 bridgehead atoms. The summed E-state index contributed by atoms with van der Waals surface area (Å²) in [5, 5.41) is 10.5. The van der Waals surface area contributed by atoms with E-state index in [1.807, 2.05) is 0 Å². The van der Waals surface area contributed by atoms with Gasteiger partial charge < -0.3 is 14.7 Å². The predicted octanol–water partition coefficient (Wildman–Crippen LogP) is 3.38. The number of amides is 1. The molecule has 1 amide bonds. The molecule has 2 aromatic rings. The number of rotatable bonds is 4. The molecule has 0 saturated carbocycles. The van der Waals surface area contributed by atoms with E-state index in [9.17, 15) is 18.4 Å². The first-order chi connectivity index (χ1) is 12.0. The van der Waals surface area contributed by atoms with Crippen LogP contribution in [-0.2, 0) is 4.79 Å². The Bertz CT molecular complexity index is 801. The highest BCUT2D eigenvalue weighted by Gasteiger charge is 2.29. The van der Waals surface area contributed by atoms with E-state index in [0.29, 0.717) is 18.2 Å². The number of fused-ring (bicyclic) bond motifs is 1. The summed E-state index contributed by atoms with van der Waals surface area (Å²) in [6.07, 6.45) is 0.694. The van der Waals surface area contributed by atoms with Crippen LogP contribution < -0.4 is 4.74 Å². The van der Waals surface area contributed by atoms with E-state index in [1.54, 1.807) is 30.3 Å². The quantitative estimate of drug-likeness (QED) is 0.919. The second-order valence-corrected chi connectivity index (χ2v) is 5.98. The number of ether oxygens (including phenoxy) is 1. The smallest absolute Gasteiger partial charge is 0.387 e. The third kappa shape index (κ3) is 3.70. The number of alkyl halides is 2. The maximum Gasteiger partial charge on any atom is 0.387 e. The number of carbonyl (C=O) groups excluding carboxylic acids is 1. The van der Waals surface area contributed by atoms with Gasteiger partial charge in [0.25, 0.3) is 5.91 Å². The minimum absolute atomic E-state index is 0.0628. The molecule has 3 rings (SSSR count). The zero-order chi connectivity index (χ0) is 18.0. The molecule has 2 aromatic carbocycles. The number of carbonyl (C=O) groups is 2. The molecular weight excluding hydrogens is 332 g/mol. The Morgan fingerprint density at radius 1 is 1.12 bits per heavy atom. The third-order valence-corrected chi connectivity index (χ3v) is 4.43. The van der Waals surface area contributed by atoms with Crippen LogP contribution in [0.25, 0.3) is 10.8 Å². The van der Waals surface area contributed by atoms with E-state index in [0.717, 1.165) is 5.39 Å². The molecule has 7 heteroatoms. The molecular formula is C18H17F2NO4. The van der Waals surface area contributed by atoms with E-state index in [2.05, 4.69) is 4.74 Å². The van der Waals surface area contributed by atoms with Crippen LogP contribution in [0.4, 0.5) is 8.78 Å². The van der Waals surface area contributed by atoms with Crippen molar-refractivity contribution in [3.05, 3.63) is 42.0 Å². The van der Waals surface area contributed by atoms with Gasteiger partial charge in [0.15, 0.2) is 0 Å². The predicted molar refractivity (Wildman–Crippen MR) is 86.8 cm³/mol. The number of likely N-dealkylation sites (tertiary alicyclic amines) is 1. The van der Waals surface area contributed by atoms with Crippen molar-refractivity contribution in [2.24, 2.45) is 5.92 Å². The van der Waals surface area contributed by atoms with Crippen LogP contribution in [0.2, 0.25) is 0 Å². The number of hydrogen-bond acceptors (Lipinski definition) is 3. The van der Waals surface area contributed by atoms with Crippen LogP contribution in [0.15, 0.2) is 36.4 Å². The molecule has 5 nitrogen and oxygen atoms in total. The van der Waals surface area contributed by atoms with Crippen molar-refractivity contribution in [2.45, 2.75) is 19.5 Å². The van der Waals surface area contributed by atoms with Crippen molar-refractivity contribution < 1.29 is 28.2 Å². The summed E-state index contributed by atoms with van der Waals surface area (Å²) < 4.78 is 30.0. The number of halogens is 2. The van der Waals surface area contributed by atoms with E-state index in [-0.39, 0.29) is 24.4 Å². The molecule has 0 radical (unpaired) electrons. The molecule has 1 aliphatic rings. The van der Waals surface area contributed by atoms with Crippen LogP contribution in [0, 0.1) is 5.92 Å². The van der Waals surface area contributed by atoms with Crippen molar-refractivity contribution >= 4 is 22.6 Å². The summed E-state index contributed by atoms with van der Waals surface area (Å²) in [6, 6.07) is 10.1. The zero-order valence-electron chi connectivity index (χ0n) is 13.3. The average molecular weight is 349 g/mol. The Balaban J connectivity index is 1.90. The Kier molecular flexibility index (Phi) is 4.83. The maximum atomic E-state index is 12.8. The summed E-state index contributed by atoms with van der Waals surface area (Å²) in [4.78, 5) is 25.3. The first-order valence-corrected chi connectivity index (χ1v) is 7.95. The Morgan fingerprint density at radius 2 is 1.72 bits per heavy atom. The minimum atomic E-state index is -3.04. The van der Waals surface area contributed by atoms with Crippen molar-refractivity contribution in [3.8, 4) is 5.75 Å². The van der Waals surface area contributed by atoms with E-state index in [4.69, 9.17) is 5.11 Å². The largest absolute Gasteiger partial charge is 0.481 e. The Morgan fingerprint density at radius 3 is 2.28 bits per heavy atom. The van der Waals surface area contributed by atoms with Crippen molar-refractivity contribution in [2.75, 3.05) is 13.1 Å². The number of piperidine rings is 1. The Hall–Kier alpha value is -2.70. The fraction of sp³-hybridized carbons (Fsp3) is 0.333. The molecule has 1 saturated heterocycles. The highest BCUT2D eigenvalue weighted by atomic mass is 19.3. The van der Waals surface area contributed by atoms with Crippen LogP contribution in [0.5, 0.6) is 5.75 Å². The molecule has 0 spiro atoms. The standard InChI is InChI=1S/C18H17F2NO4/c19-18(20)25-15-10-13-4-2-1-3-12(13)9-14(15)16(22)21-7-5-11(6-8-21)17(23)24/h1-4,9-11,18H,5-8H2,(H,23,24). The second-order valence-electron chi connectivity index (χ2n) is 5.98. The average Bonchev–Trinajstić information content (AvgIpc) is 2.60. The highest BCUT2D eigenvalue weighted by molar-refractivity contribution is 6.01. The van der Waals surface area contributed by atoms with E-state index < -0.39 is 24.4 Å². The molecule has 1 N–H and O–H groups in total. The van der Waals surface area contributed by atoms with Crippen molar-refractivity contribution in [3.63, 3.8) is 0 Å². The van der Waals surface area contributed by atoms with Crippen molar-refractivity contribution in [1.29, 1.82) is 0 Å². The van der Waals surface area contributed by atoms with Gasteiger partial charge >= 0.3 is 12.6 Å². The maximum absolute atomic E-state index is 12.8. The summed E-state index contributed by atoms with van der Waals surface area (Å²) in [5.41, 5.74) is 0.0628. The van der Waals surface area contributed by atoms with Gasteiger partial charge in [-0.3, -0.25) is 9.59 Å². The van der Waals surface area contributed by atoms with Gasteiger partial charge in [-0.15, -0.1) is 0 Å². The lowest BCUT2D eigenvalue weighted by atomic mass is 9.96. The molecule has 25 heavy (non-hydrogen) atoms. The third-order valence-electron chi connectivity index (χ3n) is 4.43. The zero-order valence-corrected chi connectivity index (χ0v) is 13.3. The normalized spacial score (nSPS) is 15.6. The van der Waals surface area contributed by atoms with Gasteiger partial charge in [0.05, 0.1) is 11.5 Å². The fourth-order valence-corrected chi connectivity index (χ4v) is 3.08. The van der Waals surface area contributed by atoms with E-state index in [1.165, 1.54) is 11.0 Å². The highest BCUT2D eigenvalue weighted by Crippen LogP contribution is 2.30. The number of aliphatic carboxylic acids is 1. The number of benzene rings is 2. The number of carboxylic acids is 1. The van der Waals surface area contributed by atoms with E-state index >= 15 is 0 Å². The summed E-state index contributed by atoms with van der Waals surface area (Å²) >= 11 is 0. The molecule has 1 heterocycles. The van der Waals surface area contributed by atoms with Gasteiger partial charge in [0.2, 0.25) is 0 Å². The topological polar surface area (TPSA) is 66.8 Å². The Labute approximate surface area is 142 Å². The van der Waals surface area contributed by atoms with Crippen LogP contribution in [0.1, 0.15) is 23.2 Å². The van der Waals surface area contributed by atoms with Crippen LogP contribution in [-0.4, -0.2) is 41.6 Å². The first kappa shape index (κ1) is 17.1. The van der Waals surface area contributed by atoms with Crippen molar-refractivity contribution in [1.82, 2.24) is 4.90 Å². The first-order valence-electron chi connectivity index (χ1n) is 7.95. The van der Waals surface area contributed by atoms with Crippen LogP contribution in [0.3, 0.4) is 0 Å². The second kappa shape index (κ2) is 7.04. The van der Waals surface area contributed by atoms with Gasteiger partial charge in [-0.25, -0.2) is 0 Å². The lowest BCUT2D eigenvalue weighted by molar-refractivity contribution is -0.143. The molecule has 1 aliphatic heterocycles. The van der Waals surface area contributed by atoms with Crippen LogP contribution >= 0.6 is 0 Å². The number of nitrogens with zero attached hydrogens (tertiary/aromatic N) is 1. The SMILES string of the molecule is O=C(O)C1CCN(C(=O)c2cc3ccccc3cc2OC(F)F)CC1. The van der Waals surface area contributed by atoms with Gasteiger partial charge in [-0.05, 0) is 35.7 Å². The molecule has 132 valence electrons. The summed E-state index contributed by atoms with van der Waals surface area (Å²) in [7, 11) is 0. The summed E-state index contributed by atoms with van der Waals surface area (Å²) in [6.45, 7) is -2.49. The number of hydrogen-bond donors (Lipinski definition) is 1. The minimum Gasteiger partial charge on any atom is -0.481 e. The number of carboxylic acid groups (broad SMARTS) is 1. The monoisotopic (exact) mass is 349 g/mol. The molecule has 0 atom stereocenters. The molecule has 0 unspecified atom stereocenters. The lowest BCUT2D eigenvalue weighted by Crippen LogP contribution is -2.40. The lowest BCUT2D eigenvalue weighted by Gasteiger charge is -2.30. The molecule has 0 aliphatic carbocycles. The molecule has 0 aromatic heterocycles. The van der Waals surface area contributed by atoms with Gasteiger partial charge in [-0.2, -0.15) is 8.78 Å². The molecule has 1 fully saturated rings. The summed E-state index contributed by atoms with van der Waals surface area (Å²) in [5.74, 6) is -1.94. The van der Waals surface area contributed by atoms with Gasteiger partial charge in [0.1, 0.15) is 5.75 Å².